The van der Waals surface area contributed by atoms with Gasteiger partial charge in [-0.05, 0) is 32.4 Å². The molecule has 2 heterocycles. The van der Waals surface area contributed by atoms with Crippen LogP contribution in [0.3, 0.4) is 0 Å². The third-order valence-electron chi connectivity index (χ3n) is 3.99. The Balaban J connectivity index is 1.83. The Morgan fingerprint density at radius 3 is 3.16 bits per heavy atom. The van der Waals surface area contributed by atoms with E-state index in [1.807, 2.05) is 32.0 Å². The van der Waals surface area contributed by atoms with E-state index in [1.54, 1.807) is 6.20 Å². The first kappa shape index (κ1) is 12.2. The van der Waals surface area contributed by atoms with Gasteiger partial charge in [-0.15, -0.1) is 0 Å². The molecule has 0 saturated carbocycles. The van der Waals surface area contributed by atoms with Crippen LogP contribution in [0.5, 0.6) is 0 Å². The fourth-order valence-corrected chi connectivity index (χ4v) is 2.41. The van der Waals surface area contributed by atoms with Crippen molar-refractivity contribution < 1.29 is 9.53 Å². The number of carbonyl (C=O) groups excluding carboxylic acids is 1. The molecule has 0 aliphatic carbocycles. The molecule has 3 rings (SSSR count). The third kappa shape index (κ3) is 2.10. The summed E-state index contributed by atoms with van der Waals surface area (Å²) in [5.41, 5.74) is 1.21. The summed E-state index contributed by atoms with van der Waals surface area (Å²) >= 11 is 0. The van der Waals surface area contributed by atoms with Crippen molar-refractivity contribution in [2.45, 2.75) is 31.9 Å². The van der Waals surface area contributed by atoms with Gasteiger partial charge in [0.1, 0.15) is 0 Å². The number of hydrogen-bond acceptors (Lipinski definition) is 3. The van der Waals surface area contributed by atoms with E-state index in [0.717, 1.165) is 17.3 Å². The fourth-order valence-electron chi connectivity index (χ4n) is 2.41. The molecule has 19 heavy (non-hydrogen) atoms. The number of aromatic nitrogens is 2. The normalized spacial score (nSPS) is 26.7. The second-order valence-electron chi connectivity index (χ2n) is 5.31. The van der Waals surface area contributed by atoms with Crippen molar-refractivity contribution in [3.63, 3.8) is 0 Å². The molecule has 2 aromatic rings. The van der Waals surface area contributed by atoms with Gasteiger partial charge >= 0.3 is 0 Å². The zero-order chi connectivity index (χ0) is 13.5. The van der Waals surface area contributed by atoms with Crippen molar-refractivity contribution in [2.24, 2.45) is 0 Å². The van der Waals surface area contributed by atoms with Crippen LogP contribution in [0.25, 0.3) is 10.9 Å². The van der Waals surface area contributed by atoms with Gasteiger partial charge in [0.05, 0.1) is 23.4 Å². The fraction of sp³-hybridized carbons (Fsp3) is 0.429. The number of fused-ring (bicyclic) bond motifs is 1. The number of aromatic amines is 1. The largest absolute Gasteiger partial charge is 0.376 e. The minimum atomic E-state index is -0.292. The number of nitrogens with one attached hydrogen (secondary N) is 2. The lowest BCUT2D eigenvalue weighted by atomic mass is 9.94. The van der Waals surface area contributed by atoms with Crippen LogP contribution in [0.1, 0.15) is 30.6 Å². The Labute approximate surface area is 111 Å². The summed E-state index contributed by atoms with van der Waals surface area (Å²) in [4.78, 5) is 12.3. The van der Waals surface area contributed by atoms with Crippen molar-refractivity contribution >= 4 is 16.8 Å². The van der Waals surface area contributed by atoms with Crippen molar-refractivity contribution in [3.05, 3.63) is 30.0 Å². The molecule has 1 aliphatic heterocycles. The maximum absolute atomic E-state index is 12.3. The maximum Gasteiger partial charge on any atom is 0.251 e. The molecule has 5 nitrogen and oxygen atoms in total. The molecular weight excluding hydrogens is 242 g/mol. The first-order chi connectivity index (χ1) is 9.08. The number of carbonyl (C=O) groups is 1. The van der Waals surface area contributed by atoms with Crippen LogP contribution >= 0.6 is 0 Å². The highest BCUT2D eigenvalue weighted by Crippen LogP contribution is 2.25. The van der Waals surface area contributed by atoms with E-state index in [4.69, 9.17) is 4.74 Å². The summed E-state index contributed by atoms with van der Waals surface area (Å²) in [5, 5.41) is 10.9. The van der Waals surface area contributed by atoms with E-state index >= 15 is 0 Å². The first-order valence-corrected chi connectivity index (χ1v) is 6.46. The summed E-state index contributed by atoms with van der Waals surface area (Å²) in [6.45, 7) is 4.71. The van der Waals surface area contributed by atoms with Gasteiger partial charge in [0.2, 0.25) is 0 Å². The predicted octanol–water partition coefficient (Wildman–Crippen LogP) is 1.86. The quantitative estimate of drug-likeness (QED) is 0.865. The Morgan fingerprint density at radius 2 is 2.42 bits per heavy atom. The van der Waals surface area contributed by atoms with E-state index in [2.05, 4.69) is 15.5 Å². The van der Waals surface area contributed by atoms with Crippen LogP contribution in [0, 0.1) is 0 Å². The molecule has 2 N–H and O–H groups in total. The van der Waals surface area contributed by atoms with Gasteiger partial charge < -0.3 is 10.1 Å². The second-order valence-corrected chi connectivity index (χ2v) is 5.31. The standard InChI is InChI=1S/C14H17N3O2/c1-9-14(2,5-6-19-9)16-13(18)10-3-4-11-8-15-17-12(11)7-10/h3-4,7-9H,5-6H2,1-2H3,(H,15,17)(H,16,18). The minimum absolute atomic E-state index is 0.0346. The molecule has 0 radical (unpaired) electrons. The average Bonchev–Trinajstić information content (AvgIpc) is 2.96. The summed E-state index contributed by atoms with van der Waals surface area (Å²) < 4.78 is 5.53. The van der Waals surface area contributed by atoms with E-state index in [0.29, 0.717) is 12.2 Å². The molecule has 1 aromatic heterocycles. The summed E-state index contributed by atoms with van der Waals surface area (Å²) in [6, 6.07) is 5.53. The van der Waals surface area contributed by atoms with Crippen molar-refractivity contribution in [1.82, 2.24) is 15.5 Å². The third-order valence-corrected chi connectivity index (χ3v) is 3.99. The van der Waals surface area contributed by atoms with Crippen LogP contribution < -0.4 is 5.32 Å². The lowest BCUT2D eigenvalue weighted by Crippen LogP contribution is -2.50. The van der Waals surface area contributed by atoms with Gasteiger partial charge in [-0.1, -0.05) is 6.07 Å². The highest BCUT2D eigenvalue weighted by atomic mass is 16.5. The maximum atomic E-state index is 12.3. The SMILES string of the molecule is CC1OCCC1(C)NC(=O)c1ccc2cn[nH]c2c1. The zero-order valence-corrected chi connectivity index (χ0v) is 11.1. The highest BCUT2D eigenvalue weighted by Gasteiger charge is 2.38. The van der Waals surface area contributed by atoms with Gasteiger partial charge in [0, 0.05) is 17.6 Å². The summed E-state index contributed by atoms with van der Waals surface area (Å²) in [7, 11) is 0. The number of nitrogens with zero attached hydrogens (tertiary/aromatic N) is 1. The van der Waals surface area contributed by atoms with Crippen molar-refractivity contribution in [1.29, 1.82) is 0 Å². The molecule has 0 bridgehead atoms. The first-order valence-electron chi connectivity index (χ1n) is 6.46. The predicted molar refractivity (Wildman–Crippen MR) is 72.0 cm³/mol. The lowest BCUT2D eigenvalue weighted by molar-refractivity contribution is 0.0727. The van der Waals surface area contributed by atoms with E-state index in [-0.39, 0.29) is 17.6 Å². The smallest absolute Gasteiger partial charge is 0.251 e. The van der Waals surface area contributed by atoms with Gasteiger partial charge in [-0.25, -0.2) is 0 Å². The molecule has 1 saturated heterocycles. The number of hydrogen-bond donors (Lipinski definition) is 2. The molecule has 2 unspecified atom stereocenters. The molecule has 100 valence electrons. The number of benzene rings is 1. The Hall–Kier alpha value is -1.88. The van der Waals surface area contributed by atoms with Crippen LogP contribution in [-0.2, 0) is 4.74 Å². The van der Waals surface area contributed by atoms with Crippen LogP contribution in [0.4, 0.5) is 0 Å². The molecule has 1 amide bonds. The minimum Gasteiger partial charge on any atom is -0.376 e. The topological polar surface area (TPSA) is 67.0 Å². The zero-order valence-electron chi connectivity index (χ0n) is 11.1. The van der Waals surface area contributed by atoms with E-state index in [9.17, 15) is 4.79 Å². The Bertz CT molecular complexity index is 622. The molecule has 1 fully saturated rings. The number of ether oxygens (including phenoxy) is 1. The van der Waals surface area contributed by atoms with Gasteiger partial charge in [-0.2, -0.15) is 5.10 Å². The average molecular weight is 259 g/mol. The summed E-state index contributed by atoms with van der Waals surface area (Å²) in [6.07, 6.45) is 2.62. The number of H-pyrrole nitrogens is 1. The molecule has 1 aliphatic rings. The lowest BCUT2D eigenvalue weighted by Gasteiger charge is -2.28. The van der Waals surface area contributed by atoms with E-state index in [1.165, 1.54) is 0 Å². The number of amides is 1. The van der Waals surface area contributed by atoms with Crippen LogP contribution in [-0.4, -0.2) is 34.4 Å². The molecule has 1 aromatic carbocycles. The molecule has 5 heteroatoms. The van der Waals surface area contributed by atoms with Crippen LogP contribution in [0.15, 0.2) is 24.4 Å². The van der Waals surface area contributed by atoms with E-state index < -0.39 is 0 Å². The van der Waals surface area contributed by atoms with Crippen LogP contribution in [0.2, 0.25) is 0 Å². The van der Waals surface area contributed by atoms with Crippen molar-refractivity contribution in [3.8, 4) is 0 Å². The molecule has 0 spiro atoms. The summed E-state index contributed by atoms with van der Waals surface area (Å²) in [5.74, 6) is -0.0728. The van der Waals surface area contributed by atoms with Crippen molar-refractivity contribution in [2.75, 3.05) is 6.61 Å². The Morgan fingerprint density at radius 1 is 1.58 bits per heavy atom. The molecule has 2 atom stereocenters. The number of rotatable bonds is 2. The monoisotopic (exact) mass is 259 g/mol. The van der Waals surface area contributed by atoms with Gasteiger partial charge in [-0.3, -0.25) is 9.89 Å². The Kier molecular flexibility index (Phi) is 2.78. The second kappa shape index (κ2) is 4.35. The van der Waals surface area contributed by atoms with Gasteiger partial charge in [0.15, 0.2) is 0 Å². The molecular formula is C14H17N3O2. The van der Waals surface area contributed by atoms with Gasteiger partial charge in [0.25, 0.3) is 5.91 Å². The highest BCUT2D eigenvalue weighted by molar-refractivity contribution is 5.98.